The summed E-state index contributed by atoms with van der Waals surface area (Å²) < 4.78 is 2.02. The molecule has 5 heteroatoms. The highest BCUT2D eigenvalue weighted by Crippen LogP contribution is 2.23. The molecule has 3 rings (SSSR count). The van der Waals surface area contributed by atoms with Crippen LogP contribution in [0.3, 0.4) is 0 Å². The molecule has 2 aromatic heterocycles. The number of nitrogen functional groups attached to an aromatic ring is 1. The summed E-state index contributed by atoms with van der Waals surface area (Å²) in [6.45, 7) is 5.72. The molecule has 0 radical (unpaired) electrons. The molecule has 0 saturated carbocycles. The number of rotatable bonds is 3. The molecule has 2 aromatic rings. The zero-order valence-corrected chi connectivity index (χ0v) is 11.6. The van der Waals surface area contributed by atoms with E-state index in [4.69, 9.17) is 5.73 Å². The molecule has 0 aromatic carbocycles. The smallest absolute Gasteiger partial charge is 0.160 e. The average Bonchev–Trinajstić information content (AvgIpc) is 2.97. The van der Waals surface area contributed by atoms with E-state index >= 15 is 0 Å². The Kier molecular flexibility index (Phi) is 3.14. The summed E-state index contributed by atoms with van der Waals surface area (Å²) in [7, 11) is 0. The molecule has 1 unspecified atom stereocenters. The fourth-order valence-electron chi connectivity index (χ4n) is 3.06. The average molecular weight is 259 g/mol. The van der Waals surface area contributed by atoms with Crippen LogP contribution < -0.4 is 5.73 Å². The minimum Gasteiger partial charge on any atom is -0.398 e. The second-order valence-corrected chi connectivity index (χ2v) is 5.64. The van der Waals surface area contributed by atoms with Gasteiger partial charge in [-0.3, -0.25) is 9.30 Å². The van der Waals surface area contributed by atoms with E-state index in [1.807, 2.05) is 22.7 Å². The van der Waals surface area contributed by atoms with E-state index in [-0.39, 0.29) is 0 Å². The molecule has 0 amide bonds. The van der Waals surface area contributed by atoms with E-state index in [1.165, 1.54) is 19.4 Å². The molecule has 1 fully saturated rings. The van der Waals surface area contributed by atoms with Gasteiger partial charge in [-0.25, -0.2) is 0 Å². The Morgan fingerprint density at radius 3 is 3.00 bits per heavy atom. The lowest BCUT2D eigenvalue weighted by Crippen LogP contribution is -2.37. The minimum absolute atomic E-state index is 0.578. The quantitative estimate of drug-likeness (QED) is 0.912. The molecule has 0 aliphatic carbocycles. The molecule has 0 bridgehead atoms. The van der Waals surface area contributed by atoms with Crippen LogP contribution in [0.25, 0.3) is 5.65 Å². The van der Waals surface area contributed by atoms with Crippen LogP contribution >= 0.6 is 0 Å². The van der Waals surface area contributed by atoms with E-state index in [0.717, 1.165) is 23.6 Å². The van der Waals surface area contributed by atoms with Gasteiger partial charge in [-0.2, -0.15) is 0 Å². The fourth-order valence-corrected chi connectivity index (χ4v) is 3.06. The van der Waals surface area contributed by atoms with Crippen molar-refractivity contribution in [1.29, 1.82) is 0 Å². The van der Waals surface area contributed by atoms with Crippen LogP contribution in [0.1, 0.15) is 32.5 Å². The zero-order valence-electron chi connectivity index (χ0n) is 11.6. The van der Waals surface area contributed by atoms with Crippen LogP contribution in [0, 0.1) is 0 Å². The number of aromatic nitrogens is 3. The van der Waals surface area contributed by atoms with Crippen molar-refractivity contribution in [1.82, 2.24) is 19.5 Å². The maximum absolute atomic E-state index is 5.85. The zero-order chi connectivity index (χ0) is 13.4. The van der Waals surface area contributed by atoms with E-state index in [2.05, 4.69) is 28.9 Å². The van der Waals surface area contributed by atoms with Gasteiger partial charge in [0.05, 0.1) is 0 Å². The molecule has 102 valence electrons. The summed E-state index contributed by atoms with van der Waals surface area (Å²) in [4.78, 5) is 2.56. The van der Waals surface area contributed by atoms with Crippen LogP contribution in [-0.2, 0) is 6.42 Å². The van der Waals surface area contributed by atoms with Crippen LogP contribution in [0.2, 0.25) is 0 Å². The first-order valence-corrected chi connectivity index (χ1v) is 7.00. The van der Waals surface area contributed by atoms with Crippen LogP contribution in [0.5, 0.6) is 0 Å². The van der Waals surface area contributed by atoms with E-state index < -0.39 is 0 Å². The summed E-state index contributed by atoms with van der Waals surface area (Å²) in [6.07, 6.45) is 5.39. The molecule has 3 heterocycles. The van der Waals surface area contributed by atoms with Gasteiger partial charge >= 0.3 is 0 Å². The Bertz CT molecular complexity index is 574. The third-order valence-corrected chi connectivity index (χ3v) is 4.00. The number of anilines is 1. The Labute approximate surface area is 113 Å². The van der Waals surface area contributed by atoms with Gasteiger partial charge in [0.2, 0.25) is 0 Å². The van der Waals surface area contributed by atoms with Gasteiger partial charge in [0.1, 0.15) is 5.82 Å². The normalized spacial score (nSPS) is 20.7. The third kappa shape index (κ3) is 2.30. The van der Waals surface area contributed by atoms with Crippen molar-refractivity contribution in [3.63, 3.8) is 0 Å². The predicted molar refractivity (Wildman–Crippen MR) is 76.0 cm³/mol. The Balaban J connectivity index is 1.87. The third-order valence-electron chi connectivity index (χ3n) is 4.00. The monoisotopic (exact) mass is 259 g/mol. The second-order valence-electron chi connectivity index (χ2n) is 5.64. The van der Waals surface area contributed by atoms with Crippen LogP contribution in [0.4, 0.5) is 5.69 Å². The minimum atomic E-state index is 0.578. The number of nitrogens with zero attached hydrogens (tertiary/aromatic N) is 4. The maximum Gasteiger partial charge on any atom is 0.160 e. The highest BCUT2D eigenvalue weighted by molar-refractivity contribution is 5.47. The van der Waals surface area contributed by atoms with Crippen LogP contribution in [-0.4, -0.2) is 38.1 Å². The maximum atomic E-state index is 5.85. The summed E-state index contributed by atoms with van der Waals surface area (Å²) in [5.74, 6) is 1.01. The van der Waals surface area contributed by atoms with Gasteiger partial charge in [0.25, 0.3) is 0 Å². The molecule has 1 saturated heterocycles. The molecule has 1 atom stereocenters. The lowest BCUT2D eigenvalue weighted by molar-refractivity contribution is 0.200. The lowest BCUT2D eigenvalue weighted by atomic mass is 10.1. The molecule has 1 aliphatic rings. The summed E-state index contributed by atoms with van der Waals surface area (Å²) in [5.41, 5.74) is 7.47. The van der Waals surface area contributed by atoms with Crippen molar-refractivity contribution < 1.29 is 0 Å². The topological polar surface area (TPSA) is 59.5 Å². The number of hydrogen-bond donors (Lipinski definition) is 1. The number of pyridine rings is 1. The Morgan fingerprint density at radius 2 is 2.21 bits per heavy atom. The highest BCUT2D eigenvalue weighted by Gasteiger charge is 2.27. The van der Waals surface area contributed by atoms with Crippen LogP contribution in [0.15, 0.2) is 18.3 Å². The SMILES string of the molecule is CC(C)N1CCCC1Cc1nnc2ccc(N)cn12. The molecular weight excluding hydrogens is 238 g/mol. The summed E-state index contributed by atoms with van der Waals surface area (Å²) in [5, 5.41) is 8.54. The molecule has 1 aliphatic heterocycles. The van der Waals surface area contributed by atoms with Gasteiger partial charge in [0, 0.05) is 30.4 Å². The van der Waals surface area contributed by atoms with Gasteiger partial charge in [-0.15, -0.1) is 10.2 Å². The Morgan fingerprint density at radius 1 is 1.37 bits per heavy atom. The second kappa shape index (κ2) is 4.81. The first-order valence-electron chi connectivity index (χ1n) is 7.00. The van der Waals surface area contributed by atoms with Crippen molar-refractivity contribution in [2.75, 3.05) is 12.3 Å². The summed E-state index contributed by atoms with van der Waals surface area (Å²) in [6, 6.07) is 4.95. The lowest BCUT2D eigenvalue weighted by Gasteiger charge is -2.27. The van der Waals surface area contributed by atoms with Gasteiger partial charge in [0.15, 0.2) is 5.65 Å². The van der Waals surface area contributed by atoms with E-state index in [9.17, 15) is 0 Å². The number of likely N-dealkylation sites (tertiary alicyclic amines) is 1. The molecule has 19 heavy (non-hydrogen) atoms. The number of hydrogen-bond acceptors (Lipinski definition) is 4. The molecular formula is C14H21N5. The van der Waals surface area contributed by atoms with E-state index in [1.54, 1.807) is 0 Å². The van der Waals surface area contributed by atoms with Gasteiger partial charge in [-0.05, 0) is 45.4 Å². The van der Waals surface area contributed by atoms with Crippen molar-refractivity contribution in [3.8, 4) is 0 Å². The van der Waals surface area contributed by atoms with Gasteiger partial charge < -0.3 is 5.73 Å². The van der Waals surface area contributed by atoms with Crippen molar-refractivity contribution >= 4 is 11.3 Å². The summed E-state index contributed by atoms with van der Waals surface area (Å²) >= 11 is 0. The van der Waals surface area contributed by atoms with E-state index in [0.29, 0.717) is 12.1 Å². The van der Waals surface area contributed by atoms with Crippen molar-refractivity contribution in [2.24, 2.45) is 0 Å². The Hall–Kier alpha value is -1.62. The molecule has 5 nitrogen and oxygen atoms in total. The number of nitrogens with two attached hydrogens (primary N) is 1. The standard InChI is InChI=1S/C14H21N5/c1-10(2)18-7-3-4-12(18)8-14-17-16-13-6-5-11(15)9-19(13)14/h5-6,9-10,12H,3-4,7-8,15H2,1-2H3. The largest absolute Gasteiger partial charge is 0.398 e. The first-order chi connectivity index (χ1) is 9.15. The highest BCUT2D eigenvalue weighted by atomic mass is 15.3. The van der Waals surface area contributed by atoms with Crippen molar-refractivity contribution in [2.45, 2.75) is 45.2 Å². The predicted octanol–water partition coefficient (Wildman–Crippen LogP) is 1.73. The van der Waals surface area contributed by atoms with Crippen molar-refractivity contribution in [3.05, 3.63) is 24.2 Å². The first kappa shape index (κ1) is 12.4. The number of fused-ring (bicyclic) bond motifs is 1. The van der Waals surface area contributed by atoms with Gasteiger partial charge in [-0.1, -0.05) is 0 Å². The molecule has 2 N–H and O–H groups in total. The molecule has 0 spiro atoms. The fraction of sp³-hybridized carbons (Fsp3) is 0.571.